The van der Waals surface area contributed by atoms with E-state index >= 15 is 0 Å². The van der Waals surface area contributed by atoms with Gasteiger partial charge in [0, 0.05) is 43.4 Å². The first kappa shape index (κ1) is 20.9. The lowest BCUT2D eigenvalue weighted by Crippen LogP contribution is -2.45. The van der Waals surface area contributed by atoms with Gasteiger partial charge >= 0.3 is 0 Å². The minimum absolute atomic E-state index is 0.214. The number of nitrogens with zero attached hydrogens (tertiary/aromatic N) is 4. The van der Waals surface area contributed by atoms with Gasteiger partial charge in [-0.2, -0.15) is 0 Å². The fourth-order valence-corrected chi connectivity index (χ4v) is 4.41. The van der Waals surface area contributed by atoms with Gasteiger partial charge in [-0.05, 0) is 36.8 Å². The van der Waals surface area contributed by atoms with Crippen LogP contribution in [0.3, 0.4) is 0 Å². The SMILES string of the molecule is Cc1ccc(NC(=O)c2nnc(CN3CCN(Cc4cccc(Cl)c4)CC3)s2)cc1. The van der Waals surface area contributed by atoms with Crippen molar-refractivity contribution in [1.82, 2.24) is 20.0 Å². The van der Waals surface area contributed by atoms with Crippen molar-refractivity contribution in [3.63, 3.8) is 0 Å². The molecule has 0 bridgehead atoms. The van der Waals surface area contributed by atoms with Crippen molar-refractivity contribution in [3.05, 3.63) is 74.7 Å². The molecule has 8 heteroatoms. The summed E-state index contributed by atoms with van der Waals surface area (Å²) in [6.07, 6.45) is 0. The summed E-state index contributed by atoms with van der Waals surface area (Å²) in [6.45, 7) is 7.56. The standard InChI is InChI=1S/C22H24ClN5OS/c1-16-5-7-19(8-6-16)24-21(29)22-26-25-20(30-22)15-28-11-9-27(10-12-28)14-17-3-2-4-18(23)13-17/h2-8,13H,9-12,14-15H2,1H3,(H,24,29). The third-order valence-corrected chi connectivity index (χ3v) is 6.23. The number of benzene rings is 2. The van der Waals surface area contributed by atoms with Crippen LogP contribution >= 0.6 is 22.9 Å². The number of rotatable bonds is 6. The number of amides is 1. The predicted molar refractivity (Wildman–Crippen MR) is 121 cm³/mol. The van der Waals surface area contributed by atoms with Crippen LogP contribution in [0.4, 0.5) is 5.69 Å². The number of anilines is 1. The Morgan fingerprint density at radius 2 is 1.73 bits per heavy atom. The molecule has 4 rings (SSSR count). The summed E-state index contributed by atoms with van der Waals surface area (Å²) in [6, 6.07) is 15.7. The van der Waals surface area contributed by atoms with Crippen molar-refractivity contribution in [2.75, 3.05) is 31.5 Å². The van der Waals surface area contributed by atoms with Crippen molar-refractivity contribution in [2.24, 2.45) is 0 Å². The van der Waals surface area contributed by atoms with E-state index in [-0.39, 0.29) is 5.91 Å². The fourth-order valence-electron chi connectivity index (χ4n) is 3.42. The Bertz CT molecular complexity index is 999. The number of carbonyl (C=O) groups excluding carboxylic acids is 1. The average Bonchev–Trinajstić information content (AvgIpc) is 3.20. The van der Waals surface area contributed by atoms with Crippen LogP contribution in [-0.2, 0) is 13.1 Å². The molecule has 0 unspecified atom stereocenters. The summed E-state index contributed by atoms with van der Waals surface area (Å²) in [4.78, 5) is 17.2. The molecule has 1 aliphatic heterocycles. The van der Waals surface area contributed by atoms with Crippen LogP contribution in [0.2, 0.25) is 5.02 Å². The molecule has 3 aromatic rings. The molecule has 0 saturated carbocycles. The molecule has 1 aliphatic rings. The van der Waals surface area contributed by atoms with E-state index in [1.807, 2.05) is 49.4 Å². The average molecular weight is 442 g/mol. The summed E-state index contributed by atoms with van der Waals surface area (Å²) in [7, 11) is 0. The van der Waals surface area contributed by atoms with Gasteiger partial charge in [-0.15, -0.1) is 10.2 Å². The maximum atomic E-state index is 12.4. The summed E-state index contributed by atoms with van der Waals surface area (Å²) in [5.74, 6) is -0.214. The van der Waals surface area contributed by atoms with Crippen molar-refractivity contribution in [1.29, 1.82) is 0 Å². The first-order valence-electron chi connectivity index (χ1n) is 9.95. The van der Waals surface area contributed by atoms with E-state index in [4.69, 9.17) is 11.6 Å². The van der Waals surface area contributed by atoms with Crippen LogP contribution in [0.25, 0.3) is 0 Å². The number of aromatic nitrogens is 2. The number of nitrogens with one attached hydrogen (secondary N) is 1. The van der Waals surface area contributed by atoms with Gasteiger partial charge in [0.05, 0.1) is 6.54 Å². The Morgan fingerprint density at radius 3 is 2.43 bits per heavy atom. The van der Waals surface area contributed by atoms with Gasteiger partial charge in [-0.3, -0.25) is 14.6 Å². The molecule has 0 spiro atoms. The van der Waals surface area contributed by atoms with Gasteiger partial charge in [0.1, 0.15) is 5.01 Å². The van der Waals surface area contributed by atoms with Crippen molar-refractivity contribution < 1.29 is 4.79 Å². The molecule has 0 radical (unpaired) electrons. The Balaban J connectivity index is 1.26. The van der Waals surface area contributed by atoms with Crippen LogP contribution < -0.4 is 5.32 Å². The molecule has 6 nitrogen and oxygen atoms in total. The molecule has 1 saturated heterocycles. The summed E-state index contributed by atoms with van der Waals surface area (Å²) in [5, 5.41) is 13.2. The first-order valence-corrected chi connectivity index (χ1v) is 11.1. The largest absolute Gasteiger partial charge is 0.320 e. The van der Waals surface area contributed by atoms with Gasteiger partial charge in [0.2, 0.25) is 5.01 Å². The maximum Gasteiger partial charge on any atom is 0.286 e. The zero-order valence-corrected chi connectivity index (χ0v) is 18.4. The predicted octanol–water partition coefficient (Wildman–Crippen LogP) is 4.07. The smallest absolute Gasteiger partial charge is 0.286 e. The van der Waals surface area contributed by atoms with Gasteiger partial charge in [-0.25, -0.2) is 0 Å². The molecule has 1 fully saturated rings. The van der Waals surface area contributed by atoms with Gasteiger partial charge in [-0.1, -0.05) is 52.8 Å². The highest BCUT2D eigenvalue weighted by Crippen LogP contribution is 2.18. The lowest BCUT2D eigenvalue weighted by Gasteiger charge is -2.34. The number of hydrogen-bond donors (Lipinski definition) is 1. The van der Waals surface area contributed by atoms with Gasteiger partial charge in [0.25, 0.3) is 5.91 Å². The first-order chi connectivity index (χ1) is 14.5. The van der Waals surface area contributed by atoms with Crippen molar-refractivity contribution >= 4 is 34.5 Å². The molecule has 2 aromatic carbocycles. The second kappa shape index (κ2) is 9.66. The Labute approximate surface area is 185 Å². The lowest BCUT2D eigenvalue weighted by atomic mass is 10.2. The zero-order chi connectivity index (χ0) is 20.9. The van der Waals surface area contributed by atoms with E-state index in [0.717, 1.165) is 60.5 Å². The number of aryl methyl sites for hydroxylation is 1. The molecular weight excluding hydrogens is 418 g/mol. The number of hydrogen-bond acceptors (Lipinski definition) is 6. The monoisotopic (exact) mass is 441 g/mol. The number of halogens is 1. The van der Waals surface area contributed by atoms with E-state index in [1.165, 1.54) is 16.9 Å². The molecule has 0 atom stereocenters. The minimum Gasteiger partial charge on any atom is -0.320 e. The topological polar surface area (TPSA) is 61.4 Å². The van der Waals surface area contributed by atoms with Crippen LogP contribution in [0.15, 0.2) is 48.5 Å². The van der Waals surface area contributed by atoms with E-state index in [2.05, 4.69) is 31.4 Å². The Kier molecular flexibility index (Phi) is 6.74. The van der Waals surface area contributed by atoms with Gasteiger partial charge < -0.3 is 5.32 Å². The second-order valence-corrected chi connectivity index (χ2v) is 9.00. The normalized spacial score (nSPS) is 15.3. The fraction of sp³-hybridized carbons (Fsp3) is 0.318. The molecule has 2 heterocycles. The number of piperazine rings is 1. The molecular formula is C22H24ClN5OS. The van der Waals surface area contributed by atoms with Crippen molar-refractivity contribution in [3.8, 4) is 0 Å². The molecule has 156 valence electrons. The zero-order valence-electron chi connectivity index (χ0n) is 16.8. The van der Waals surface area contributed by atoms with E-state index < -0.39 is 0 Å². The summed E-state index contributed by atoms with van der Waals surface area (Å²) >= 11 is 7.44. The highest BCUT2D eigenvalue weighted by atomic mass is 35.5. The molecule has 0 aliphatic carbocycles. The molecule has 1 aromatic heterocycles. The Morgan fingerprint density at radius 1 is 1.03 bits per heavy atom. The van der Waals surface area contributed by atoms with E-state index in [1.54, 1.807) is 0 Å². The third-order valence-electron chi connectivity index (χ3n) is 5.09. The lowest BCUT2D eigenvalue weighted by molar-refractivity contribution is 0.102. The van der Waals surface area contributed by atoms with Crippen molar-refractivity contribution in [2.45, 2.75) is 20.0 Å². The molecule has 1 N–H and O–H groups in total. The molecule has 1 amide bonds. The maximum absolute atomic E-state index is 12.4. The Hall–Kier alpha value is -2.32. The quantitative estimate of drug-likeness (QED) is 0.624. The van der Waals surface area contributed by atoms with Crippen LogP contribution in [0.5, 0.6) is 0 Å². The van der Waals surface area contributed by atoms with E-state index in [9.17, 15) is 4.79 Å². The highest BCUT2D eigenvalue weighted by molar-refractivity contribution is 7.13. The second-order valence-electron chi connectivity index (χ2n) is 7.50. The number of carbonyl (C=O) groups is 1. The third kappa shape index (κ3) is 5.64. The minimum atomic E-state index is -0.214. The summed E-state index contributed by atoms with van der Waals surface area (Å²) in [5.41, 5.74) is 3.15. The van der Waals surface area contributed by atoms with E-state index in [0.29, 0.717) is 5.01 Å². The molecule has 30 heavy (non-hydrogen) atoms. The summed E-state index contributed by atoms with van der Waals surface area (Å²) < 4.78 is 0. The van der Waals surface area contributed by atoms with Crippen LogP contribution in [0, 0.1) is 6.92 Å². The van der Waals surface area contributed by atoms with Crippen LogP contribution in [-0.4, -0.2) is 52.1 Å². The van der Waals surface area contributed by atoms with Crippen LogP contribution in [0.1, 0.15) is 25.9 Å². The van der Waals surface area contributed by atoms with Gasteiger partial charge in [0.15, 0.2) is 0 Å². The highest BCUT2D eigenvalue weighted by Gasteiger charge is 2.20.